The normalized spacial score (nSPS) is 13.8. The topological polar surface area (TPSA) is 51.2 Å². The van der Waals surface area contributed by atoms with Crippen LogP contribution in [0.5, 0.6) is 0 Å². The Bertz CT molecular complexity index is 393. The van der Waals surface area contributed by atoms with Gasteiger partial charge in [-0.1, -0.05) is 20.3 Å². The van der Waals surface area contributed by atoms with E-state index >= 15 is 0 Å². The van der Waals surface area contributed by atoms with Crippen molar-refractivity contribution in [3.8, 4) is 0 Å². The van der Waals surface area contributed by atoms with Crippen LogP contribution in [0.1, 0.15) is 44.1 Å². The molecule has 100 valence electrons. The highest BCUT2D eigenvalue weighted by molar-refractivity contribution is 5.88. The number of hydrogen-bond donors (Lipinski definition) is 1. The van der Waals surface area contributed by atoms with E-state index in [1.807, 2.05) is 6.07 Å². The highest BCUT2D eigenvalue weighted by Gasteiger charge is 2.10. The summed E-state index contributed by atoms with van der Waals surface area (Å²) in [5, 5.41) is 3.38. The summed E-state index contributed by atoms with van der Waals surface area (Å²) >= 11 is 0. The monoisotopic (exact) mass is 250 g/mol. The number of anilines is 1. The Morgan fingerprint density at radius 2 is 2.22 bits per heavy atom. The summed E-state index contributed by atoms with van der Waals surface area (Å²) < 4.78 is 4.65. The van der Waals surface area contributed by atoms with Crippen LogP contribution in [0.2, 0.25) is 0 Å². The molecule has 0 radical (unpaired) electrons. The average molecular weight is 250 g/mol. The first-order chi connectivity index (χ1) is 8.56. The van der Waals surface area contributed by atoms with Gasteiger partial charge in [-0.25, -0.2) is 9.78 Å². The van der Waals surface area contributed by atoms with Gasteiger partial charge in [-0.15, -0.1) is 0 Å². The number of ether oxygens (including phenoxy) is 1. The maximum atomic E-state index is 11.4. The summed E-state index contributed by atoms with van der Waals surface area (Å²) in [6, 6.07) is 3.95. The van der Waals surface area contributed by atoms with E-state index in [1.165, 1.54) is 13.5 Å². The number of nitrogens with one attached hydrogen (secondary N) is 1. The SMILES string of the molecule is CCC(C)CC(C)Nc1ccnc(C(=O)OC)c1. The quantitative estimate of drug-likeness (QED) is 0.788. The van der Waals surface area contributed by atoms with Crippen LogP contribution in [0, 0.1) is 5.92 Å². The van der Waals surface area contributed by atoms with Crippen LogP contribution in [-0.4, -0.2) is 24.1 Å². The Morgan fingerprint density at radius 1 is 1.50 bits per heavy atom. The molecular formula is C14H22N2O2. The van der Waals surface area contributed by atoms with Gasteiger partial charge >= 0.3 is 5.97 Å². The maximum Gasteiger partial charge on any atom is 0.356 e. The van der Waals surface area contributed by atoms with Gasteiger partial charge in [0.1, 0.15) is 5.69 Å². The summed E-state index contributed by atoms with van der Waals surface area (Å²) in [5.74, 6) is 0.280. The van der Waals surface area contributed by atoms with Crippen molar-refractivity contribution in [2.45, 2.75) is 39.7 Å². The number of rotatable bonds is 6. The van der Waals surface area contributed by atoms with Gasteiger partial charge in [0.25, 0.3) is 0 Å². The van der Waals surface area contributed by atoms with Crippen molar-refractivity contribution in [1.82, 2.24) is 4.98 Å². The summed E-state index contributed by atoms with van der Waals surface area (Å²) in [4.78, 5) is 15.3. The number of methoxy groups -OCH3 is 1. The van der Waals surface area contributed by atoms with Crippen LogP contribution in [0.15, 0.2) is 18.3 Å². The second kappa shape index (κ2) is 6.99. The fourth-order valence-corrected chi connectivity index (χ4v) is 1.85. The molecule has 0 aliphatic heterocycles. The van der Waals surface area contributed by atoms with Crippen molar-refractivity contribution in [1.29, 1.82) is 0 Å². The molecule has 0 aliphatic rings. The summed E-state index contributed by atoms with van der Waals surface area (Å²) in [7, 11) is 1.36. The van der Waals surface area contributed by atoms with Crippen LogP contribution < -0.4 is 5.32 Å². The first-order valence-electron chi connectivity index (χ1n) is 6.37. The molecule has 4 nitrogen and oxygen atoms in total. The third-order valence-electron chi connectivity index (χ3n) is 3.02. The lowest BCUT2D eigenvalue weighted by atomic mass is 10.0. The molecule has 1 aromatic heterocycles. The molecule has 0 saturated carbocycles. The van der Waals surface area contributed by atoms with E-state index in [2.05, 4.69) is 35.8 Å². The van der Waals surface area contributed by atoms with Crippen molar-refractivity contribution in [2.75, 3.05) is 12.4 Å². The Hall–Kier alpha value is -1.58. The minimum absolute atomic E-state index is 0.332. The third-order valence-corrected chi connectivity index (χ3v) is 3.02. The first kappa shape index (κ1) is 14.5. The number of carbonyl (C=O) groups excluding carboxylic acids is 1. The van der Waals surface area contributed by atoms with E-state index in [0.717, 1.165) is 12.1 Å². The number of carbonyl (C=O) groups is 1. The molecule has 0 bridgehead atoms. The Balaban J connectivity index is 2.64. The Labute approximate surface area is 109 Å². The van der Waals surface area contributed by atoms with Gasteiger partial charge in [0, 0.05) is 17.9 Å². The molecule has 4 heteroatoms. The largest absolute Gasteiger partial charge is 0.464 e. The van der Waals surface area contributed by atoms with Gasteiger partial charge < -0.3 is 10.1 Å². The Kier molecular flexibility index (Phi) is 5.62. The predicted molar refractivity (Wildman–Crippen MR) is 72.7 cm³/mol. The number of pyridine rings is 1. The van der Waals surface area contributed by atoms with E-state index < -0.39 is 5.97 Å². The van der Waals surface area contributed by atoms with E-state index in [9.17, 15) is 4.79 Å². The van der Waals surface area contributed by atoms with E-state index in [-0.39, 0.29) is 0 Å². The number of esters is 1. The van der Waals surface area contributed by atoms with Crippen molar-refractivity contribution in [2.24, 2.45) is 5.92 Å². The van der Waals surface area contributed by atoms with Crippen molar-refractivity contribution in [3.05, 3.63) is 24.0 Å². The van der Waals surface area contributed by atoms with Gasteiger partial charge in [0.15, 0.2) is 0 Å². The average Bonchev–Trinajstić information content (AvgIpc) is 2.37. The molecule has 0 spiro atoms. The van der Waals surface area contributed by atoms with Crippen molar-refractivity contribution in [3.63, 3.8) is 0 Å². The molecule has 18 heavy (non-hydrogen) atoms. The molecule has 0 aliphatic carbocycles. The summed E-state index contributed by atoms with van der Waals surface area (Å²) in [6.45, 7) is 6.58. The summed E-state index contributed by atoms with van der Waals surface area (Å²) in [5.41, 5.74) is 1.24. The molecule has 2 atom stereocenters. The highest BCUT2D eigenvalue weighted by atomic mass is 16.5. The smallest absolute Gasteiger partial charge is 0.356 e. The fraction of sp³-hybridized carbons (Fsp3) is 0.571. The van der Waals surface area contributed by atoms with E-state index in [1.54, 1.807) is 12.3 Å². The number of hydrogen-bond acceptors (Lipinski definition) is 4. The molecule has 0 saturated heterocycles. The molecule has 0 fully saturated rings. The molecular weight excluding hydrogens is 228 g/mol. The van der Waals surface area contributed by atoms with Crippen LogP contribution in [0.3, 0.4) is 0 Å². The maximum absolute atomic E-state index is 11.4. The van der Waals surface area contributed by atoms with E-state index in [0.29, 0.717) is 17.7 Å². The number of aromatic nitrogens is 1. The minimum atomic E-state index is -0.409. The molecule has 1 heterocycles. The van der Waals surface area contributed by atoms with Gasteiger partial charge in [0.05, 0.1) is 7.11 Å². The fourth-order valence-electron chi connectivity index (χ4n) is 1.85. The Morgan fingerprint density at radius 3 is 2.83 bits per heavy atom. The van der Waals surface area contributed by atoms with Gasteiger partial charge in [0.2, 0.25) is 0 Å². The highest BCUT2D eigenvalue weighted by Crippen LogP contribution is 2.15. The molecule has 2 unspecified atom stereocenters. The third kappa shape index (κ3) is 4.35. The zero-order valence-corrected chi connectivity index (χ0v) is 11.6. The second-order valence-electron chi connectivity index (χ2n) is 4.72. The first-order valence-corrected chi connectivity index (χ1v) is 6.37. The van der Waals surface area contributed by atoms with Gasteiger partial charge in [-0.2, -0.15) is 0 Å². The standard InChI is InChI=1S/C14H22N2O2/c1-5-10(2)8-11(3)16-12-6-7-15-13(9-12)14(17)18-4/h6-7,9-11H,5,8H2,1-4H3,(H,15,16). The van der Waals surface area contributed by atoms with Crippen molar-refractivity contribution >= 4 is 11.7 Å². The van der Waals surface area contributed by atoms with Crippen LogP contribution in [0.4, 0.5) is 5.69 Å². The minimum Gasteiger partial charge on any atom is -0.464 e. The molecule has 0 amide bonds. The zero-order chi connectivity index (χ0) is 13.5. The van der Waals surface area contributed by atoms with Gasteiger partial charge in [-0.3, -0.25) is 0 Å². The van der Waals surface area contributed by atoms with Crippen LogP contribution in [-0.2, 0) is 4.74 Å². The molecule has 1 aromatic rings. The second-order valence-corrected chi connectivity index (χ2v) is 4.72. The molecule has 1 rings (SSSR count). The molecule has 1 N–H and O–H groups in total. The van der Waals surface area contributed by atoms with Crippen molar-refractivity contribution < 1.29 is 9.53 Å². The molecule has 0 aromatic carbocycles. The lowest BCUT2D eigenvalue weighted by Gasteiger charge is -2.18. The predicted octanol–water partition coefficient (Wildman–Crippen LogP) is 3.10. The lowest BCUT2D eigenvalue weighted by molar-refractivity contribution is 0.0594. The van der Waals surface area contributed by atoms with Crippen LogP contribution in [0.25, 0.3) is 0 Å². The van der Waals surface area contributed by atoms with Gasteiger partial charge in [-0.05, 0) is 31.4 Å². The lowest BCUT2D eigenvalue weighted by Crippen LogP contribution is -2.18. The van der Waals surface area contributed by atoms with E-state index in [4.69, 9.17) is 0 Å². The van der Waals surface area contributed by atoms with Crippen LogP contribution >= 0.6 is 0 Å². The zero-order valence-electron chi connectivity index (χ0n) is 11.6. The summed E-state index contributed by atoms with van der Waals surface area (Å²) in [6.07, 6.45) is 3.90. The number of nitrogens with zero attached hydrogens (tertiary/aromatic N) is 1.